The molecule has 1 heterocycles. The number of hydrogen-bond donors (Lipinski definition) is 1. The summed E-state index contributed by atoms with van der Waals surface area (Å²) in [7, 11) is 0. The van der Waals surface area contributed by atoms with E-state index in [-0.39, 0.29) is 0 Å². The normalized spacial score (nSPS) is 41.4. The zero-order chi connectivity index (χ0) is 12.2. The number of nitrogens with two attached hydrogens (primary N) is 1. The molecule has 4 fully saturated rings. The third kappa shape index (κ3) is 1.63. The molecular formula is C13H21N5. The lowest BCUT2D eigenvalue weighted by Crippen LogP contribution is -2.46. The van der Waals surface area contributed by atoms with Crippen LogP contribution in [0.3, 0.4) is 0 Å². The highest BCUT2D eigenvalue weighted by molar-refractivity contribution is 5.10. The molecule has 98 valence electrons. The van der Waals surface area contributed by atoms with Gasteiger partial charge in [-0.2, -0.15) is 0 Å². The SMILES string of the molecule is Nc1nnnn1CCC12CC3CC(CC(C3)C1)C2. The van der Waals surface area contributed by atoms with Crippen LogP contribution in [0.4, 0.5) is 5.95 Å². The highest BCUT2D eigenvalue weighted by Crippen LogP contribution is 2.61. The van der Waals surface area contributed by atoms with Crippen molar-refractivity contribution in [2.24, 2.45) is 23.2 Å². The molecular weight excluding hydrogens is 226 g/mol. The third-order valence-corrected chi connectivity index (χ3v) is 5.58. The monoisotopic (exact) mass is 247 g/mol. The van der Waals surface area contributed by atoms with Crippen molar-refractivity contribution in [2.45, 2.75) is 51.5 Å². The van der Waals surface area contributed by atoms with Crippen molar-refractivity contribution in [1.29, 1.82) is 0 Å². The number of hydrogen-bond acceptors (Lipinski definition) is 4. The molecule has 4 saturated carbocycles. The van der Waals surface area contributed by atoms with E-state index in [0.29, 0.717) is 11.4 Å². The molecule has 0 atom stereocenters. The Kier molecular flexibility index (Phi) is 2.20. The van der Waals surface area contributed by atoms with Crippen LogP contribution in [0.25, 0.3) is 0 Å². The number of aryl methyl sites for hydroxylation is 1. The van der Waals surface area contributed by atoms with Crippen molar-refractivity contribution < 1.29 is 0 Å². The molecule has 5 heteroatoms. The predicted octanol–water partition coefficient (Wildman–Crippen LogP) is 1.86. The van der Waals surface area contributed by atoms with E-state index in [9.17, 15) is 0 Å². The van der Waals surface area contributed by atoms with Gasteiger partial charge in [-0.1, -0.05) is 5.10 Å². The Bertz CT molecular complexity index is 417. The Balaban J connectivity index is 1.49. The maximum atomic E-state index is 5.74. The molecule has 5 nitrogen and oxygen atoms in total. The van der Waals surface area contributed by atoms with Gasteiger partial charge in [0.15, 0.2) is 0 Å². The fourth-order valence-electron chi connectivity index (χ4n) is 5.31. The molecule has 0 radical (unpaired) electrons. The van der Waals surface area contributed by atoms with E-state index in [2.05, 4.69) is 15.5 Å². The number of nitrogens with zero attached hydrogens (tertiary/aromatic N) is 4. The zero-order valence-electron chi connectivity index (χ0n) is 10.8. The smallest absolute Gasteiger partial charge is 0.240 e. The Morgan fingerprint density at radius 3 is 2.22 bits per heavy atom. The lowest BCUT2D eigenvalue weighted by Gasteiger charge is -2.57. The van der Waals surface area contributed by atoms with Crippen molar-refractivity contribution in [3.63, 3.8) is 0 Å². The number of aromatic nitrogens is 4. The van der Waals surface area contributed by atoms with Crippen molar-refractivity contribution in [2.75, 3.05) is 5.73 Å². The van der Waals surface area contributed by atoms with Gasteiger partial charge in [-0.15, -0.1) is 0 Å². The van der Waals surface area contributed by atoms with E-state index in [1.54, 1.807) is 4.68 Å². The van der Waals surface area contributed by atoms with Gasteiger partial charge in [0.1, 0.15) is 0 Å². The minimum Gasteiger partial charge on any atom is -0.367 e. The summed E-state index contributed by atoms with van der Waals surface area (Å²) < 4.78 is 1.76. The first-order valence-electron chi connectivity index (χ1n) is 7.24. The van der Waals surface area contributed by atoms with Gasteiger partial charge in [0, 0.05) is 6.54 Å². The average molecular weight is 247 g/mol. The maximum absolute atomic E-state index is 5.74. The number of tetrazole rings is 1. The molecule has 1 aromatic heterocycles. The second-order valence-corrected chi connectivity index (χ2v) is 6.93. The minimum atomic E-state index is 0.458. The van der Waals surface area contributed by atoms with Gasteiger partial charge in [-0.3, -0.25) is 0 Å². The summed E-state index contributed by atoms with van der Waals surface area (Å²) in [5.74, 6) is 3.51. The van der Waals surface area contributed by atoms with Crippen LogP contribution >= 0.6 is 0 Å². The standard InChI is InChI=1S/C13H21N5/c14-12-15-16-17-18(12)2-1-13-6-9-3-10(7-13)5-11(4-9)8-13/h9-11H,1-8H2,(H2,14,15,17). The van der Waals surface area contributed by atoms with Gasteiger partial charge in [-0.05, 0) is 78.5 Å². The van der Waals surface area contributed by atoms with Crippen LogP contribution in [0.1, 0.15) is 44.9 Å². The van der Waals surface area contributed by atoms with Crippen LogP contribution in [0.5, 0.6) is 0 Å². The van der Waals surface area contributed by atoms with Gasteiger partial charge in [0.05, 0.1) is 0 Å². The van der Waals surface area contributed by atoms with Crippen molar-refractivity contribution >= 4 is 5.95 Å². The van der Waals surface area contributed by atoms with Gasteiger partial charge in [0.2, 0.25) is 5.95 Å². The molecule has 4 bridgehead atoms. The molecule has 0 amide bonds. The Morgan fingerprint density at radius 1 is 1.11 bits per heavy atom. The lowest BCUT2D eigenvalue weighted by molar-refractivity contribution is -0.0595. The largest absolute Gasteiger partial charge is 0.367 e. The van der Waals surface area contributed by atoms with Crippen LogP contribution < -0.4 is 5.73 Å². The molecule has 4 aliphatic carbocycles. The third-order valence-electron chi connectivity index (χ3n) is 5.58. The van der Waals surface area contributed by atoms with E-state index < -0.39 is 0 Å². The van der Waals surface area contributed by atoms with Crippen molar-refractivity contribution in [3.8, 4) is 0 Å². The average Bonchev–Trinajstić information content (AvgIpc) is 2.70. The zero-order valence-corrected chi connectivity index (χ0v) is 10.8. The lowest BCUT2D eigenvalue weighted by atomic mass is 9.49. The van der Waals surface area contributed by atoms with Gasteiger partial charge >= 0.3 is 0 Å². The molecule has 1 aromatic rings. The molecule has 2 N–H and O–H groups in total. The van der Waals surface area contributed by atoms with Crippen molar-refractivity contribution in [1.82, 2.24) is 20.2 Å². The number of anilines is 1. The molecule has 0 aromatic carbocycles. The molecule has 0 unspecified atom stereocenters. The molecule has 0 saturated heterocycles. The van der Waals surface area contributed by atoms with E-state index in [1.807, 2.05) is 0 Å². The summed E-state index contributed by atoms with van der Waals surface area (Å²) in [5, 5.41) is 11.3. The van der Waals surface area contributed by atoms with Crippen LogP contribution in [0.2, 0.25) is 0 Å². The minimum absolute atomic E-state index is 0.458. The summed E-state index contributed by atoms with van der Waals surface area (Å²) >= 11 is 0. The summed E-state index contributed by atoms with van der Waals surface area (Å²) in [5.41, 5.74) is 6.34. The second kappa shape index (κ2) is 3.68. The second-order valence-electron chi connectivity index (χ2n) is 6.93. The van der Waals surface area contributed by atoms with E-state index in [4.69, 9.17) is 5.73 Å². The highest BCUT2D eigenvalue weighted by Gasteiger charge is 2.50. The fraction of sp³-hybridized carbons (Fsp3) is 0.923. The van der Waals surface area contributed by atoms with Crippen LogP contribution in [-0.4, -0.2) is 20.2 Å². The van der Waals surface area contributed by atoms with Crippen LogP contribution in [-0.2, 0) is 6.54 Å². The number of rotatable bonds is 3. The fourth-order valence-corrected chi connectivity index (χ4v) is 5.31. The predicted molar refractivity (Wildman–Crippen MR) is 67.5 cm³/mol. The molecule has 4 aliphatic rings. The quantitative estimate of drug-likeness (QED) is 0.885. The summed E-state index contributed by atoms with van der Waals surface area (Å²) in [4.78, 5) is 0. The summed E-state index contributed by atoms with van der Waals surface area (Å²) in [6.45, 7) is 0.894. The Labute approximate surface area is 107 Å². The highest BCUT2D eigenvalue weighted by atomic mass is 15.6. The number of nitrogen functional groups attached to an aromatic ring is 1. The van der Waals surface area contributed by atoms with Crippen LogP contribution in [0.15, 0.2) is 0 Å². The molecule has 18 heavy (non-hydrogen) atoms. The van der Waals surface area contributed by atoms with E-state index in [0.717, 1.165) is 24.3 Å². The van der Waals surface area contributed by atoms with E-state index >= 15 is 0 Å². The van der Waals surface area contributed by atoms with Gasteiger partial charge in [0.25, 0.3) is 0 Å². The van der Waals surface area contributed by atoms with Gasteiger partial charge < -0.3 is 5.73 Å². The van der Waals surface area contributed by atoms with E-state index in [1.165, 1.54) is 44.9 Å². The van der Waals surface area contributed by atoms with Gasteiger partial charge in [-0.25, -0.2) is 4.68 Å². The molecule has 0 spiro atoms. The first-order valence-corrected chi connectivity index (χ1v) is 7.24. The molecule has 0 aliphatic heterocycles. The topological polar surface area (TPSA) is 69.6 Å². The summed E-state index contributed by atoms with van der Waals surface area (Å²) in [6, 6.07) is 0. The first kappa shape index (κ1) is 10.8. The summed E-state index contributed by atoms with van der Waals surface area (Å²) in [6.07, 6.45) is 10.1. The molecule has 5 rings (SSSR count). The maximum Gasteiger partial charge on any atom is 0.240 e. The van der Waals surface area contributed by atoms with Crippen LogP contribution in [0, 0.1) is 23.2 Å². The Morgan fingerprint density at radius 2 is 1.72 bits per heavy atom. The Hall–Kier alpha value is -1.13. The van der Waals surface area contributed by atoms with Crippen molar-refractivity contribution in [3.05, 3.63) is 0 Å². The first-order chi connectivity index (χ1) is 8.72.